The van der Waals surface area contributed by atoms with Crippen LogP contribution in [0, 0.1) is 0 Å². The average molecular weight is 591 g/mol. The van der Waals surface area contributed by atoms with Gasteiger partial charge in [-0.3, -0.25) is 0 Å². The van der Waals surface area contributed by atoms with E-state index in [1.807, 2.05) is 22.7 Å². The lowest BCUT2D eigenvalue weighted by Crippen LogP contribution is -1.91. The van der Waals surface area contributed by atoms with Gasteiger partial charge in [0.2, 0.25) is 0 Å². The number of hydrogen-bond acceptors (Lipinski definition) is 2. The highest BCUT2D eigenvalue weighted by Gasteiger charge is 2.22. The summed E-state index contributed by atoms with van der Waals surface area (Å²) in [4.78, 5) is 0. The molecule has 2 aromatic heterocycles. The summed E-state index contributed by atoms with van der Waals surface area (Å²) in [5.74, 6) is 0. The van der Waals surface area contributed by atoms with Gasteiger partial charge in [-0.15, -0.1) is 22.7 Å². The Kier molecular flexibility index (Phi) is 4.44. The summed E-state index contributed by atoms with van der Waals surface area (Å²) in [5.41, 5.74) is 0. The third-order valence-electron chi connectivity index (χ3n) is 9.79. The molecule has 0 radical (unpaired) electrons. The lowest BCUT2D eigenvalue weighted by Gasteiger charge is -2.20. The van der Waals surface area contributed by atoms with Crippen LogP contribution >= 0.6 is 22.7 Å². The van der Waals surface area contributed by atoms with Crippen molar-refractivity contribution in [3.8, 4) is 0 Å². The Balaban J connectivity index is 1.54. The van der Waals surface area contributed by atoms with Crippen LogP contribution in [0.5, 0.6) is 0 Å². The lowest BCUT2D eigenvalue weighted by molar-refractivity contribution is 1.80. The molecule has 44 heavy (non-hydrogen) atoms. The second kappa shape index (κ2) is 8.33. The Morgan fingerprint density at radius 1 is 0.227 bits per heavy atom. The Morgan fingerprint density at radius 2 is 0.545 bits per heavy atom. The summed E-state index contributed by atoms with van der Waals surface area (Å²) in [6, 6.07) is 49.9. The van der Waals surface area contributed by atoms with Gasteiger partial charge in [-0.2, -0.15) is 0 Å². The smallest absolute Gasteiger partial charge is 0.0440 e. The number of fused-ring (bicyclic) bond motifs is 16. The summed E-state index contributed by atoms with van der Waals surface area (Å²) >= 11 is 3.90. The topological polar surface area (TPSA) is 0 Å². The van der Waals surface area contributed by atoms with E-state index in [0.717, 1.165) is 0 Å². The first-order valence-corrected chi connectivity index (χ1v) is 16.7. The van der Waals surface area contributed by atoms with E-state index in [1.165, 1.54) is 105 Å². The normalized spacial score (nSPS) is 12.5. The van der Waals surface area contributed by atoms with Crippen molar-refractivity contribution >= 4 is 128 Å². The summed E-state index contributed by atoms with van der Waals surface area (Å²) in [7, 11) is 0. The average Bonchev–Trinajstić information content (AvgIpc) is 3.09. The molecule has 2 heterocycles. The molecule has 0 amide bonds. The molecule has 11 aromatic rings. The van der Waals surface area contributed by atoms with Gasteiger partial charge in [-0.1, -0.05) is 121 Å². The van der Waals surface area contributed by atoms with Gasteiger partial charge in [0, 0.05) is 61.9 Å². The minimum atomic E-state index is 1.33. The first-order chi connectivity index (χ1) is 21.9. The van der Waals surface area contributed by atoms with Crippen molar-refractivity contribution in [3.05, 3.63) is 133 Å². The standard InChI is InChI=1S/C42H22S2/c1-5-15-27-23(11-1)25-13-3-7-17-29(25)41-39(27)37-31-19-9-22-34-36(31)38(32-20-10-21-33(43-41)35(32)37)40-28-16-6-2-12-24(28)26-14-4-8-18-30(26)42(40)44-34/h1-22H. The predicted octanol–water partition coefficient (Wildman–Crippen LogP) is 13.3. The van der Waals surface area contributed by atoms with Crippen LogP contribution in [0.3, 0.4) is 0 Å². The molecule has 0 nitrogen and oxygen atoms in total. The second-order valence-corrected chi connectivity index (χ2v) is 14.0. The van der Waals surface area contributed by atoms with E-state index >= 15 is 0 Å². The van der Waals surface area contributed by atoms with Crippen LogP contribution in [0.4, 0.5) is 0 Å². The zero-order valence-electron chi connectivity index (χ0n) is 23.5. The first-order valence-electron chi connectivity index (χ1n) is 15.1. The van der Waals surface area contributed by atoms with E-state index in [2.05, 4.69) is 133 Å². The highest BCUT2D eigenvalue weighted by atomic mass is 32.1. The van der Waals surface area contributed by atoms with E-state index in [0.29, 0.717) is 0 Å². The fourth-order valence-corrected chi connectivity index (χ4v) is 10.7. The van der Waals surface area contributed by atoms with Gasteiger partial charge < -0.3 is 0 Å². The molecule has 0 fully saturated rings. The van der Waals surface area contributed by atoms with Crippen LogP contribution in [-0.2, 0) is 0 Å². The van der Waals surface area contributed by atoms with E-state index in [9.17, 15) is 0 Å². The molecular weight excluding hydrogens is 569 g/mol. The van der Waals surface area contributed by atoms with Crippen LogP contribution < -0.4 is 0 Å². The van der Waals surface area contributed by atoms with Crippen LogP contribution in [0.1, 0.15) is 0 Å². The van der Waals surface area contributed by atoms with Crippen LogP contribution in [0.15, 0.2) is 133 Å². The Hall–Kier alpha value is -5.02. The lowest BCUT2D eigenvalue weighted by atomic mass is 9.88. The third kappa shape index (κ3) is 2.79. The molecule has 0 N–H and O–H groups in total. The van der Waals surface area contributed by atoms with Crippen molar-refractivity contribution in [2.45, 2.75) is 0 Å². The fraction of sp³-hybridized carbons (Fsp3) is 0. The largest absolute Gasteiger partial charge is 0.134 e. The van der Waals surface area contributed by atoms with E-state index in [4.69, 9.17) is 0 Å². The van der Waals surface area contributed by atoms with E-state index in [1.54, 1.807) is 0 Å². The third-order valence-corrected chi connectivity index (χ3v) is 12.2. The van der Waals surface area contributed by atoms with Crippen molar-refractivity contribution in [1.82, 2.24) is 0 Å². The molecule has 0 saturated heterocycles. The number of benzene rings is 9. The zero-order valence-corrected chi connectivity index (χ0v) is 25.2. The van der Waals surface area contributed by atoms with Gasteiger partial charge in [-0.05, 0) is 55.2 Å². The highest BCUT2D eigenvalue weighted by Crippen LogP contribution is 2.53. The summed E-state index contributed by atoms with van der Waals surface area (Å²) in [6.45, 7) is 0. The number of rotatable bonds is 0. The van der Waals surface area contributed by atoms with E-state index in [-0.39, 0.29) is 0 Å². The summed E-state index contributed by atoms with van der Waals surface area (Å²) < 4.78 is 5.44. The molecule has 11 rings (SSSR count). The molecule has 0 aliphatic heterocycles. The minimum absolute atomic E-state index is 1.33. The summed E-state index contributed by atoms with van der Waals surface area (Å²) in [6.07, 6.45) is 0. The van der Waals surface area contributed by atoms with Gasteiger partial charge in [0.05, 0.1) is 0 Å². The Labute approximate surface area is 260 Å². The molecule has 0 bridgehead atoms. The van der Waals surface area contributed by atoms with Crippen molar-refractivity contribution in [3.63, 3.8) is 0 Å². The Morgan fingerprint density at radius 3 is 0.955 bits per heavy atom. The Bertz CT molecular complexity index is 2840. The maximum atomic E-state index is 2.38. The zero-order chi connectivity index (χ0) is 28.5. The predicted molar refractivity (Wildman–Crippen MR) is 197 cm³/mol. The van der Waals surface area contributed by atoms with Gasteiger partial charge >= 0.3 is 0 Å². The second-order valence-electron chi connectivity index (χ2n) is 11.9. The molecule has 202 valence electrons. The van der Waals surface area contributed by atoms with Crippen molar-refractivity contribution in [1.29, 1.82) is 0 Å². The molecule has 0 aliphatic carbocycles. The van der Waals surface area contributed by atoms with Crippen LogP contribution in [-0.4, -0.2) is 0 Å². The minimum Gasteiger partial charge on any atom is -0.134 e. The maximum absolute atomic E-state index is 2.38. The van der Waals surface area contributed by atoms with Gasteiger partial charge in [-0.25, -0.2) is 0 Å². The van der Waals surface area contributed by atoms with Crippen molar-refractivity contribution in [2.24, 2.45) is 0 Å². The monoisotopic (exact) mass is 590 g/mol. The van der Waals surface area contributed by atoms with Gasteiger partial charge in [0.15, 0.2) is 0 Å². The molecule has 0 unspecified atom stereocenters. The molecule has 0 saturated carbocycles. The first kappa shape index (κ1) is 23.4. The van der Waals surface area contributed by atoms with Gasteiger partial charge in [0.1, 0.15) is 0 Å². The van der Waals surface area contributed by atoms with Gasteiger partial charge in [0.25, 0.3) is 0 Å². The SMILES string of the molecule is c1ccc2c(c1)c1ccccc1c1c2sc2cccc3c2c1c1cccc2sc4c5ccccc5c5ccccc5c4c3c21. The molecule has 0 aliphatic rings. The summed E-state index contributed by atoms with van der Waals surface area (Å²) in [5, 5.41) is 21.7. The molecule has 9 aromatic carbocycles. The van der Waals surface area contributed by atoms with Crippen molar-refractivity contribution in [2.75, 3.05) is 0 Å². The molecular formula is C42H22S2. The van der Waals surface area contributed by atoms with Crippen LogP contribution in [0.2, 0.25) is 0 Å². The molecule has 2 heteroatoms. The quantitative estimate of drug-likeness (QED) is 0.122. The van der Waals surface area contributed by atoms with Crippen molar-refractivity contribution < 1.29 is 0 Å². The fourth-order valence-electron chi connectivity index (χ4n) is 8.10. The maximum Gasteiger partial charge on any atom is 0.0440 e. The molecule has 0 atom stereocenters. The van der Waals surface area contributed by atoms with Crippen LogP contribution in [0.25, 0.3) is 105 Å². The number of hydrogen-bond donors (Lipinski definition) is 0. The molecule has 0 spiro atoms. The highest BCUT2D eigenvalue weighted by molar-refractivity contribution is 7.27. The van der Waals surface area contributed by atoms with E-state index < -0.39 is 0 Å².